The van der Waals surface area contributed by atoms with Crippen molar-refractivity contribution < 1.29 is 22.4 Å². The van der Waals surface area contributed by atoms with Crippen molar-refractivity contribution in [2.45, 2.75) is 57.1 Å². The van der Waals surface area contributed by atoms with Crippen molar-refractivity contribution in [2.75, 3.05) is 10.8 Å². The molecule has 0 fully saturated rings. The highest BCUT2D eigenvalue weighted by molar-refractivity contribution is 7.92. The molecule has 0 saturated carbocycles. The molecule has 4 rings (SSSR count). The van der Waals surface area contributed by atoms with Crippen LogP contribution >= 0.6 is 11.6 Å². The Morgan fingerprint density at radius 1 is 0.889 bits per heavy atom. The van der Waals surface area contributed by atoms with Crippen LogP contribution in [0.3, 0.4) is 0 Å². The Morgan fingerprint density at radius 2 is 1.51 bits per heavy atom. The summed E-state index contributed by atoms with van der Waals surface area (Å²) in [6.07, 6.45) is 0.857. The molecular formula is C35H37ClFN3O4S. The number of amides is 2. The normalized spacial score (nSPS) is 12.6. The molecule has 0 heterocycles. The second-order valence-electron chi connectivity index (χ2n) is 10.9. The smallest absolute Gasteiger partial charge is 0.264 e. The first kappa shape index (κ1) is 33.7. The highest BCUT2D eigenvalue weighted by Gasteiger charge is 2.35. The van der Waals surface area contributed by atoms with E-state index >= 15 is 0 Å². The molecule has 1 N–H and O–H groups in total. The van der Waals surface area contributed by atoms with E-state index in [-0.39, 0.29) is 35.5 Å². The molecule has 2 atom stereocenters. The topological polar surface area (TPSA) is 86.8 Å². The van der Waals surface area contributed by atoms with Crippen LogP contribution < -0.4 is 9.62 Å². The Labute approximate surface area is 269 Å². The summed E-state index contributed by atoms with van der Waals surface area (Å²) in [6.45, 7) is 4.96. The van der Waals surface area contributed by atoms with Gasteiger partial charge in [-0.05, 0) is 73.9 Å². The highest BCUT2D eigenvalue weighted by atomic mass is 35.5. The summed E-state index contributed by atoms with van der Waals surface area (Å²) < 4.78 is 42.9. The van der Waals surface area contributed by atoms with Crippen LogP contribution in [-0.4, -0.2) is 43.8 Å². The SMILES string of the molecule is CC[C@H](C)NC(=O)[C@H](Cc1ccccc1)N(Cc1ccccc1Cl)C(=O)CN(c1ccc(F)cc1)S(=O)(=O)c1ccc(C)cc1. The summed E-state index contributed by atoms with van der Waals surface area (Å²) in [4.78, 5) is 29.7. The lowest BCUT2D eigenvalue weighted by atomic mass is 10.0. The van der Waals surface area contributed by atoms with Gasteiger partial charge in [-0.3, -0.25) is 13.9 Å². The van der Waals surface area contributed by atoms with Gasteiger partial charge >= 0.3 is 0 Å². The van der Waals surface area contributed by atoms with Crippen LogP contribution in [0.4, 0.5) is 10.1 Å². The van der Waals surface area contributed by atoms with Gasteiger partial charge < -0.3 is 10.2 Å². The monoisotopic (exact) mass is 649 g/mol. The zero-order valence-corrected chi connectivity index (χ0v) is 27.1. The lowest BCUT2D eigenvalue weighted by molar-refractivity contribution is -0.140. The van der Waals surface area contributed by atoms with E-state index in [1.807, 2.05) is 51.1 Å². The molecule has 2 amide bonds. The zero-order valence-electron chi connectivity index (χ0n) is 25.5. The Kier molecular flexibility index (Phi) is 11.4. The van der Waals surface area contributed by atoms with Gasteiger partial charge in [-0.1, -0.05) is 84.8 Å². The fraction of sp³-hybridized carbons (Fsp3) is 0.257. The molecule has 7 nitrogen and oxygen atoms in total. The first-order valence-corrected chi connectivity index (χ1v) is 16.5. The molecule has 4 aromatic carbocycles. The van der Waals surface area contributed by atoms with E-state index in [1.165, 1.54) is 29.2 Å². The third-order valence-corrected chi connectivity index (χ3v) is 9.73. The van der Waals surface area contributed by atoms with Crippen LogP contribution in [0.2, 0.25) is 5.02 Å². The van der Waals surface area contributed by atoms with Gasteiger partial charge in [0.2, 0.25) is 11.8 Å². The average molecular weight is 650 g/mol. The summed E-state index contributed by atoms with van der Waals surface area (Å²) >= 11 is 6.53. The minimum Gasteiger partial charge on any atom is -0.352 e. The second-order valence-corrected chi connectivity index (χ2v) is 13.2. The maximum atomic E-state index is 14.5. The Hall–Kier alpha value is -4.21. The van der Waals surface area contributed by atoms with Gasteiger partial charge in [-0.25, -0.2) is 12.8 Å². The molecule has 0 aromatic heterocycles. The average Bonchev–Trinajstić information content (AvgIpc) is 3.03. The molecule has 0 saturated heterocycles. The predicted molar refractivity (Wildman–Crippen MR) is 176 cm³/mol. The van der Waals surface area contributed by atoms with Gasteiger partial charge in [0.05, 0.1) is 10.6 Å². The quantitative estimate of drug-likeness (QED) is 0.178. The van der Waals surface area contributed by atoms with Crippen molar-refractivity contribution >= 4 is 39.1 Å². The number of rotatable bonds is 13. The minimum atomic E-state index is -4.28. The summed E-state index contributed by atoms with van der Waals surface area (Å²) in [5.74, 6) is -1.55. The Bertz CT molecular complexity index is 1700. The molecule has 0 unspecified atom stereocenters. The lowest BCUT2D eigenvalue weighted by Gasteiger charge is -2.34. The summed E-state index contributed by atoms with van der Waals surface area (Å²) in [7, 11) is -4.28. The van der Waals surface area contributed by atoms with Crippen LogP contribution in [0.5, 0.6) is 0 Å². The third kappa shape index (κ3) is 8.71. The number of halogens is 2. The van der Waals surface area contributed by atoms with Crippen molar-refractivity contribution in [3.8, 4) is 0 Å². The fourth-order valence-corrected chi connectivity index (χ4v) is 6.39. The maximum Gasteiger partial charge on any atom is 0.264 e. The highest BCUT2D eigenvalue weighted by Crippen LogP contribution is 2.26. The van der Waals surface area contributed by atoms with Gasteiger partial charge in [-0.2, -0.15) is 0 Å². The van der Waals surface area contributed by atoms with Gasteiger partial charge in [-0.15, -0.1) is 0 Å². The van der Waals surface area contributed by atoms with Gasteiger partial charge in [0, 0.05) is 24.0 Å². The zero-order chi connectivity index (χ0) is 32.6. The van der Waals surface area contributed by atoms with E-state index in [0.717, 1.165) is 27.6 Å². The van der Waals surface area contributed by atoms with Crippen molar-refractivity contribution in [2.24, 2.45) is 0 Å². The number of aryl methyl sites for hydroxylation is 1. The fourth-order valence-electron chi connectivity index (χ4n) is 4.78. The van der Waals surface area contributed by atoms with Crippen molar-refractivity contribution in [3.05, 3.63) is 131 Å². The summed E-state index contributed by atoms with van der Waals surface area (Å²) in [5.41, 5.74) is 2.38. The van der Waals surface area contributed by atoms with Gasteiger partial charge in [0.15, 0.2) is 0 Å². The second kappa shape index (κ2) is 15.2. The van der Waals surface area contributed by atoms with Gasteiger partial charge in [0.25, 0.3) is 10.0 Å². The van der Waals surface area contributed by atoms with Crippen molar-refractivity contribution in [1.82, 2.24) is 10.2 Å². The first-order chi connectivity index (χ1) is 21.5. The van der Waals surface area contributed by atoms with E-state index < -0.39 is 34.3 Å². The Morgan fingerprint density at radius 3 is 2.13 bits per heavy atom. The molecule has 236 valence electrons. The lowest BCUT2D eigenvalue weighted by Crippen LogP contribution is -2.54. The van der Waals surface area contributed by atoms with Crippen molar-refractivity contribution in [1.29, 1.82) is 0 Å². The summed E-state index contributed by atoms with van der Waals surface area (Å²) in [5, 5.41) is 3.40. The van der Waals surface area contributed by atoms with Gasteiger partial charge in [0.1, 0.15) is 18.4 Å². The molecule has 0 aliphatic rings. The first-order valence-electron chi connectivity index (χ1n) is 14.7. The van der Waals surface area contributed by atoms with Crippen LogP contribution in [0.25, 0.3) is 0 Å². The number of hydrogen-bond donors (Lipinski definition) is 1. The summed E-state index contributed by atoms with van der Waals surface area (Å²) in [6, 6.07) is 26.3. The predicted octanol–water partition coefficient (Wildman–Crippen LogP) is 6.54. The molecule has 0 bridgehead atoms. The molecule has 0 spiro atoms. The molecule has 0 aliphatic heterocycles. The van der Waals surface area contributed by atoms with Crippen LogP contribution in [-0.2, 0) is 32.6 Å². The molecule has 0 aliphatic carbocycles. The minimum absolute atomic E-state index is 0.0294. The Balaban J connectivity index is 1.81. The largest absolute Gasteiger partial charge is 0.352 e. The standard InChI is InChI=1S/C35H37ClFN3O4S/c1-4-26(3)38-35(42)33(22-27-10-6-5-7-11-27)39(23-28-12-8-9-13-32(28)36)34(41)24-40(30-18-16-29(37)17-19-30)45(43,44)31-20-14-25(2)15-21-31/h5-21,26,33H,4,22-24H2,1-3H3,(H,38,42)/t26-,33-/m0/s1. The third-order valence-electron chi connectivity index (χ3n) is 7.57. The van der Waals surface area contributed by atoms with Crippen molar-refractivity contribution in [3.63, 3.8) is 0 Å². The molecule has 4 aromatic rings. The van der Waals surface area contributed by atoms with E-state index in [4.69, 9.17) is 11.6 Å². The number of benzene rings is 4. The molecule has 10 heteroatoms. The van der Waals surface area contributed by atoms with E-state index in [0.29, 0.717) is 17.0 Å². The van der Waals surface area contributed by atoms with E-state index in [1.54, 1.807) is 36.4 Å². The number of hydrogen-bond acceptors (Lipinski definition) is 4. The van der Waals surface area contributed by atoms with Crippen LogP contribution in [0, 0.1) is 12.7 Å². The van der Waals surface area contributed by atoms with Crippen LogP contribution in [0.15, 0.2) is 108 Å². The molecule has 45 heavy (non-hydrogen) atoms. The number of nitrogens with zero attached hydrogens (tertiary/aromatic N) is 2. The number of anilines is 1. The number of nitrogens with one attached hydrogen (secondary N) is 1. The maximum absolute atomic E-state index is 14.5. The number of carbonyl (C=O) groups excluding carboxylic acids is 2. The number of carbonyl (C=O) groups is 2. The van der Waals surface area contributed by atoms with E-state index in [2.05, 4.69) is 5.32 Å². The number of sulfonamides is 1. The molecular weight excluding hydrogens is 613 g/mol. The van der Waals surface area contributed by atoms with Crippen LogP contribution in [0.1, 0.15) is 37.0 Å². The molecule has 0 radical (unpaired) electrons. The van der Waals surface area contributed by atoms with E-state index in [9.17, 15) is 22.4 Å².